The van der Waals surface area contributed by atoms with Gasteiger partial charge in [0.05, 0.1) is 22.2 Å². The Bertz CT molecular complexity index is 1180. The van der Waals surface area contributed by atoms with Crippen LogP contribution >= 0.6 is 23.2 Å². The monoisotopic (exact) mass is 500 g/mol. The van der Waals surface area contributed by atoms with Crippen LogP contribution in [0.25, 0.3) is 11.1 Å². The summed E-state index contributed by atoms with van der Waals surface area (Å²) in [6, 6.07) is 17.5. The Hall–Kier alpha value is -3.39. The van der Waals surface area contributed by atoms with Gasteiger partial charge in [0.1, 0.15) is 6.04 Å². The van der Waals surface area contributed by atoms with Gasteiger partial charge in [-0.2, -0.15) is 0 Å². The number of rotatable bonds is 9. The molecule has 176 valence electrons. The van der Waals surface area contributed by atoms with Gasteiger partial charge in [0, 0.05) is 18.5 Å². The van der Waals surface area contributed by atoms with Crippen LogP contribution in [0.2, 0.25) is 10.0 Å². The molecule has 0 aromatic heterocycles. The molecule has 3 aromatic carbocycles. The highest BCUT2D eigenvalue weighted by molar-refractivity contribution is 6.39. The van der Waals surface area contributed by atoms with Crippen LogP contribution in [0.5, 0.6) is 0 Å². The van der Waals surface area contributed by atoms with E-state index in [1.165, 1.54) is 12.1 Å². The molecule has 0 fully saturated rings. The van der Waals surface area contributed by atoms with Gasteiger partial charge in [-0.3, -0.25) is 9.59 Å². The topological polar surface area (TPSA) is 116 Å². The summed E-state index contributed by atoms with van der Waals surface area (Å²) < 4.78 is 0. The van der Waals surface area contributed by atoms with E-state index in [-0.39, 0.29) is 41.1 Å². The maximum atomic E-state index is 12.6. The van der Waals surface area contributed by atoms with Gasteiger partial charge in [0.25, 0.3) is 11.8 Å². The summed E-state index contributed by atoms with van der Waals surface area (Å²) in [5, 5.41) is 23.9. The van der Waals surface area contributed by atoms with E-state index in [4.69, 9.17) is 28.3 Å². The van der Waals surface area contributed by atoms with E-state index in [1.807, 2.05) is 6.07 Å². The van der Waals surface area contributed by atoms with Crippen molar-refractivity contribution in [1.82, 2.24) is 10.6 Å². The highest BCUT2D eigenvalue weighted by atomic mass is 35.5. The molecule has 4 N–H and O–H groups in total. The van der Waals surface area contributed by atoms with E-state index in [0.29, 0.717) is 16.7 Å². The van der Waals surface area contributed by atoms with Crippen LogP contribution in [-0.4, -0.2) is 47.2 Å². The first kappa shape index (κ1) is 25.2. The summed E-state index contributed by atoms with van der Waals surface area (Å²) in [5.41, 5.74) is 2.60. The first-order valence-corrected chi connectivity index (χ1v) is 11.1. The molecule has 0 spiro atoms. The maximum absolute atomic E-state index is 12.6. The molecular formula is C25H22Cl2N2O5. The molecule has 0 aliphatic carbocycles. The van der Waals surface area contributed by atoms with Crippen LogP contribution in [0, 0.1) is 0 Å². The zero-order valence-corrected chi connectivity index (χ0v) is 19.4. The number of carbonyl (C=O) groups is 3. The summed E-state index contributed by atoms with van der Waals surface area (Å²) in [4.78, 5) is 36.8. The molecule has 0 aliphatic heterocycles. The van der Waals surface area contributed by atoms with Crippen molar-refractivity contribution in [3.05, 3.63) is 93.5 Å². The van der Waals surface area contributed by atoms with Crippen molar-refractivity contribution < 1.29 is 24.6 Å². The molecule has 1 atom stereocenters. The van der Waals surface area contributed by atoms with E-state index in [9.17, 15) is 19.5 Å². The second-order valence-corrected chi connectivity index (χ2v) is 8.20. The van der Waals surface area contributed by atoms with Crippen molar-refractivity contribution >= 4 is 41.0 Å². The molecule has 0 bridgehead atoms. The lowest BCUT2D eigenvalue weighted by atomic mass is 9.96. The second kappa shape index (κ2) is 11.7. The Kier molecular flexibility index (Phi) is 8.65. The Balaban J connectivity index is 1.77. The third-order valence-electron chi connectivity index (χ3n) is 5.07. The van der Waals surface area contributed by atoms with Crippen LogP contribution in [0.4, 0.5) is 0 Å². The second-order valence-electron chi connectivity index (χ2n) is 7.39. The van der Waals surface area contributed by atoms with E-state index in [2.05, 4.69) is 10.6 Å². The van der Waals surface area contributed by atoms with Crippen molar-refractivity contribution in [2.45, 2.75) is 12.5 Å². The molecule has 3 rings (SSSR count). The van der Waals surface area contributed by atoms with Gasteiger partial charge in [0.15, 0.2) is 0 Å². The van der Waals surface area contributed by atoms with Crippen molar-refractivity contribution in [3.63, 3.8) is 0 Å². The molecule has 7 nitrogen and oxygen atoms in total. The van der Waals surface area contributed by atoms with Gasteiger partial charge in [-0.05, 0) is 34.9 Å². The van der Waals surface area contributed by atoms with Gasteiger partial charge in [0.2, 0.25) is 0 Å². The number of halogens is 2. The van der Waals surface area contributed by atoms with Crippen molar-refractivity contribution in [2.75, 3.05) is 13.2 Å². The zero-order valence-electron chi connectivity index (χ0n) is 17.9. The van der Waals surface area contributed by atoms with Gasteiger partial charge >= 0.3 is 5.97 Å². The molecule has 9 heteroatoms. The normalized spacial score (nSPS) is 11.5. The molecular weight excluding hydrogens is 479 g/mol. The number of carboxylic acid groups (broad SMARTS) is 1. The predicted octanol–water partition coefficient (Wildman–Crippen LogP) is 3.81. The van der Waals surface area contributed by atoms with Crippen molar-refractivity contribution in [2.24, 2.45) is 0 Å². The molecule has 2 amide bonds. The first-order chi connectivity index (χ1) is 16.3. The van der Waals surface area contributed by atoms with Crippen molar-refractivity contribution in [1.29, 1.82) is 0 Å². The average Bonchev–Trinajstić information content (AvgIpc) is 2.82. The van der Waals surface area contributed by atoms with Crippen LogP contribution < -0.4 is 10.6 Å². The maximum Gasteiger partial charge on any atom is 0.326 e. The minimum absolute atomic E-state index is 0.0171. The minimum Gasteiger partial charge on any atom is -0.480 e. The number of benzene rings is 3. The van der Waals surface area contributed by atoms with E-state index >= 15 is 0 Å². The Morgan fingerprint density at radius 1 is 0.853 bits per heavy atom. The SMILES string of the molecule is O=C(NCCO)c1ccccc1-c1ccc(C[C@H](NC(=O)c2c(Cl)cccc2Cl)C(=O)O)cc1. The van der Waals surface area contributed by atoms with Gasteiger partial charge in [-0.1, -0.05) is 71.7 Å². The van der Waals surface area contributed by atoms with E-state index in [1.54, 1.807) is 48.5 Å². The van der Waals surface area contributed by atoms with Gasteiger partial charge in [-0.15, -0.1) is 0 Å². The number of carbonyl (C=O) groups excluding carboxylic acids is 2. The summed E-state index contributed by atoms with van der Waals surface area (Å²) >= 11 is 12.1. The number of aliphatic hydroxyl groups excluding tert-OH is 1. The van der Waals surface area contributed by atoms with Gasteiger partial charge < -0.3 is 20.8 Å². The number of nitrogens with one attached hydrogen (secondary N) is 2. The molecule has 0 saturated heterocycles. The molecule has 34 heavy (non-hydrogen) atoms. The molecule has 0 radical (unpaired) electrons. The van der Waals surface area contributed by atoms with Crippen LogP contribution in [-0.2, 0) is 11.2 Å². The summed E-state index contributed by atoms with van der Waals surface area (Å²) in [6.07, 6.45) is 0.0298. The Morgan fingerprint density at radius 2 is 1.50 bits per heavy atom. The van der Waals surface area contributed by atoms with Crippen molar-refractivity contribution in [3.8, 4) is 11.1 Å². The van der Waals surface area contributed by atoms with E-state index in [0.717, 1.165) is 5.56 Å². The molecule has 0 aliphatic rings. The summed E-state index contributed by atoms with van der Waals surface area (Å²) in [5.74, 6) is -2.19. The number of carboxylic acids is 1. The summed E-state index contributed by atoms with van der Waals surface area (Å²) in [6.45, 7) is -0.0135. The lowest BCUT2D eigenvalue weighted by Crippen LogP contribution is -2.42. The Labute approximate surface area is 206 Å². The minimum atomic E-state index is -1.21. The quantitative estimate of drug-likeness (QED) is 0.356. The van der Waals surface area contributed by atoms with Gasteiger partial charge in [-0.25, -0.2) is 4.79 Å². The summed E-state index contributed by atoms with van der Waals surface area (Å²) in [7, 11) is 0. The van der Waals surface area contributed by atoms with Crippen LogP contribution in [0.15, 0.2) is 66.7 Å². The smallest absolute Gasteiger partial charge is 0.326 e. The number of aliphatic hydroxyl groups is 1. The Morgan fingerprint density at radius 3 is 2.12 bits per heavy atom. The molecule has 0 unspecified atom stereocenters. The molecule has 0 saturated carbocycles. The standard InChI is InChI=1S/C25H22Cl2N2O5/c26-19-6-3-7-20(27)22(19)24(32)29-21(25(33)34)14-15-8-10-16(11-9-15)17-4-1-2-5-18(17)23(31)28-12-13-30/h1-11,21,30H,12-14H2,(H,28,31)(H,29,32)(H,33,34)/t21-/m0/s1. The lowest BCUT2D eigenvalue weighted by Gasteiger charge is -2.16. The fourth-order valence-corrected chi connectivity index (χ4v) is 3.97. The third-order valence-corrected chi connectivity index (χ3v) is 5.70. The molecule has 3 aromatic rings. The lowest BCUT2D eigenvalue weighted by molar-refractivity contribution is -0.139. The highest BCUT2D eigenvalue weighted by Crippen LogP contribution is 2.26. The fraction of sp³-hybridized carbons (Fsp3) is 0.160. The van der Waals surface area contributed by atoms with Crippen LogP contribution in [0.1, 0.15) is 26.3 Å². The first-order valence-electron chi connectivity index (χ1n) is 10.4. The number of hydrogen-bond acceptors (Lipinski definition) is 4. The average molecular weight is 501 g/mol. The zero-order chi connectivity index (χ0) is 24.7. The predicted molar refractivity (Wildman–Crippen MR) is 130 cm³/mol. The number of hydrogen-bond donors (Lipinski definition) is 4. The third kappa shape index (κ3) is 6.14. The largest absolute Gasteiger partial charge is 0.480 e. The fourth-order valence-electron chi connectivity index (χ4n) is 3.40. The number of aliphatic carboxylic acids is 1. The highest BCUT2D eigenvalue weighted by Gasteiger charge is 2.24. The van der Waals surface area contributed by atoms with Crippen LogP contribution in [0.3, 0.4) is 0 Å². The van der Waals surface area contributed by atoms with E-state index < -0.39 is 17.9 Å². The number of amides is 2. The molecule has 0 heterocycles.